The minimum Gasteiger partial charge on any atom is -0.481 e. The monoisotopic (exact) mass is 173 g/mol. The molecule has 7 nitrogen and oxygen atoms in total. The minimum absolute atomic E-state index is 0.119. The van der Waals surface area contributed by atoms with Gasteiger partial charge in [0, 0.05) is 11.8 Å². The Hall–Kier alpha value is -1.60. The number of amides is 1. The van der Waals surface area contributed by atoms with Crippen molar-refractivity contribution in [3.8, 4) is 0 Å². The van der Waals surface area contributed by atoms with Crippen LogP contribution in [0.25, 0.3) is 0 Å². The zero-order valence-corrected chi connectivity index (χ0v) is 5.94. The lowest BCUT2D eigenvalue weighted by Gasteiger charge is -2.22. The molecule has 0 aromatic carbocycles. The van der Waals surface area contributed by atoms with Crippen molar-refractivity contribution in [1.82, 2.24) is 16.1 Å². The fourth-order valence-electron chi connectivity index (χ4n) is 0.745. The van der Waals surface area contributed by atoms with Gasteiger partial charge in [-0.2, -0.15) is 0 Å². The van der Waals surface area contributed by atoms with E-state index in [-0.39, 0.29) is 12.1 Å². The highest BCUT2D eigenvalue weighted by atomic mass is 16.6. The number of nitrogens with zero attached hydrogens (tertiary/aromatic N) is 1. The van der Waals surface area contributed by atoms with Gasteiger partial charge in [-0.15, -0.1) is 0 Å². The van der Waals surface area contributed by atoms with Gasteiger partial charge in [0.25, 0.3) is 5.91 Å². The highest BCUT2D eigenvalue weighted by Gasteiger charge is 2.15. The number of carbonyl (C=O) groups is 2. The maximum atomic E-state index is 10.6. The summed E-state index contributed by atoms with van der Waals surface area (Å²) in [4.78, 5) is 20.8. The smallest absolute Gasteiger partial charge is 0.309 e. The molecule has 4 N–H and O–H groups in total. The quantitative estimate of drug-likeness (QED) is 0.409. The second-order valence-corrected chi connectivity index (χ2v) is 2.14. The zero-order valence-electron chi connectivity index (χ0n) is 5.94. The summed E-state index contributed by atoms with van der Waals surface area (Å²) in [5.41, 5.74) is 4.29. The van der Waals surface area contributed by atoms with E-state index in [4.69, 9.17) is 10.3 Å². The molecule has 66 valence electrons. The lowest BCUT2D eigenvalue weighted by Crippen LogP contribution is -2.51. The minimum atomic E-state index is -1.09. The first-order valence-electron chi connectivity index (χ1n) is 3.06. The van der Waals surface area contributed by atoms with Crippen molar-refractivity contribution in [3.63, 3.8) is 0 Å². The Balaban J connectivity index is 2.63. The summed E-state index contributed by atoms with van der Waals surface area (Å²) in [7, 11) is 0. The van der Waals surface area contributed by atoms with Crippen LogP contribution in [0.3, 0.4) is 0 Å². The van der Waals surface area contributed by atoms with Crippen molar-refractivity contribution >= 4 is 11.9 Å². The maximum Gasteiger partial charge on any atom is 0.309 e. The van der Waals surface area contributed by atoms with E-state index in [0.29, 0.717) is 5.28 Å². The number of carboxylic acid groups (broad SMARTS) is 1. The molecule has 12 heavy (non-hydrogen) atoms. The van der Waals surface area contributed by atoms with Crippen LogP contribution in [0, 0.1) is 0 Å². The third-order valence-corrected chi connectivity index (χ3v) is 1.11. The van der Waals surface area contributed by atoms with E-state index >= 15 is 0 Å². The average Bonchev–Trinajstić information content (AvgIpc) is 1.81. The van der Waals surface area contributed by atoms with Crippen molar-refractivity contribution in [3.05, 3.63) is 11.8 Å². The van der Waals surface area contributed by atoms with E-state index < -0.39 is 11.9 Å². The van der Waals surface area contributed by atoms with E-state index in [1.54, 1.807) is 0 Å². The van der Waals surface area contributed by atoms with E-state index in [1.165, 1.54) is 0 Å². The predicted molar refractivity (Wildman–Crippen MR) is 35.2 cm³/mol. The molecule has 0 atom stereocenters. The van der Waals surface area contributed by atoms with Gasteiger partial charge in [0.1, 0.15) is 0 Å². The second-order valence-electron chi connectivity index (χ2n) is 2.14. The normalized spacial score (nSPS) is 17.8. The number of aliphatic carboxylic acids is 1. The molecule has 0 spiro atoms. The molecule has 0 radical (unpaired) electrons. The third kappa shape index (κ3) is 2.22. The van der Waals surface area contributed by atoms with Crippen LogP contribution in [0.15, 0.2) is 11.8 Å². The number of nitrogens with one attached hydrogen (secondary N) is 2. The van der Waals surface area contributed by atoms with Crippen LogP contribution in [-0.2, 0) is 9.59 Å². The molecule has 1 heterocycles. The summed E-state index contributed by atoms with van der Waals surface area (Å²) in [5.74, 6) is -1.66. The molecule has 0 aromatic rings. The maximum absolute atomic E-state index is 10.6. The fourth-order valence-corrected chi connectivity index (χ4v) is 0.745. The summed E-state index contributed by atoms with van der Waals surface area (Å²) < 4.78 is 0. The number of rotatable bonds is 2. The molecule has 0 aliphatic carbocycles. The first kappa shape index (κ1) is 8.50. The zero-order chi connectivity index (χ0) is 9.14. The van der Waals surface area contributed by atoms with Crippen LogP contribution in [0.2, 0.25) is 0 Å². The molecule has 7 heteroatoms. The van der Waals surface area contributed by atoms with E-state index in [9.17, 15) is 9.59 Å². The van der Waals surface area contributed by atoms with Crippen LogP contribution in [0.1, 0.15) is 6.42 Å². The van der Waals surface area contributed by atoms with Gasteiger partial charge in [-0.1, -0.05) is 0 Å². The molecule has 0 saturated heterocycles. The van der Waals surface area contributed by atoms with Crippen LogP contribution in [0.4, 0.5) is 0 Å². The van der Waals surface area contributed by atoms with Crippen molar-refractivity contribution in [1.29, 1.82) is 0 Å². The number of carbonyl (C=O) groups excluding carboxylic acids is 1. The van der Waals surface area contributed by atoms with Gasteiger partial charge in [-0.05, 0) is 5.28 Å². The second kappa shape index (κ2) is 3.20. The van der Waals surface area contributed by atoms with Gasteiger partial charge in [-0.3, -0.25) is 20.2 Å². The third-order valence-electron chi connectivity index (χ3n) is 1.11. The summed E-state index contributed by atoms with van der Waals surface area (Å²) in [5, 5.41) is 17.4. The predicted octanol–water partition coefficient (Wildman–Crippen LogP) is -1.41. The Morgan fingerprint density at radius 2 is 2.25 bits per heavy atom. The SMILES string of the molecule is O=C(O)CC1=CC(=O)NN(O)N1. The highest BCUT2D eigenvalue weighted by Crippen LogP contribution is 2.00. The number of carboxylic acids is 1. The van der Waals surface area contributed by atoms with Gasteiger partial charge in [0.2, 0.25) is 0 Å². The van der Waals surface area contributed by atoms with Crippen molar-refractivity contribution in [2.75, 3.05) is 0 Å². The fraction of sp³-hybridized carbons (Fsp3) is 0.200. The van der Waals surface area contributed by atoms with Crippen LogP contribution in [-0.4, -0.2) is 27.5 Å². The molecule has 0 unspecified atom stereocenters. The Kier molecular flexibility index (Phi) is 2.26. The van der Waals surface area contributed by atoms with Gasteiger partial charge < -0.3 is 5.11 Å². The van der Waals surface area contributed by atoms with Crippen LogP contribution < -0.4 is 10.9 Å². The lowest BCUT2D eigenvalue weighted by molar-refractivity contribution is -0.183. The van der Waals surface area contributed by atoms with Gasteiger partial charge >= 0.3 is 5.97 Å². The van der Waals surface area contributed by atoms with Crippen molar-refractivity contribution in [2.24, 2.45) is 0 Å². The first-order chi connectivity index (χ1) is 5.58. The molecule has 1 rings (SSSR count). The molecule has 0 bridgehead atoms. The first-order valence-corrected chi connectivity index (χ1v) is 3.06. The summed E-state index contributed by atoms with van der Waals surface area (Å²) in [6.45, 7) is 0. The van der Waals surface area contributed by atoms with E-state index in [0.717, 1.165) is 6.08 Å². The van der Waals surface area contributed by atoms with Gasteiger partial charge in [0.05, 0.1) is 6.42 Å². The molecule has 0 fully saturated rings. The summed E-state index contributed by atoms with van der Waals surface area (Å²) >= 11 is 0. The van der Waals surface area contributed by atoms with Crippen molar-refractivity contribution < 1.29 is 19.9 Å². The van der Waals surface area contributed by atoms with E-state index in [2.05, 4.69) is 5.43 Å². The molecule has 0 aromatic heterocycles. The largest absolute Gasteiger partial charge is 0.481 e. The Bertz CT molecular complexity index is 249. The number of hydrogen-bond donors (Lipinski definition) is 4. The topological polar surface area (TPSA) is 102 Å². The average molecular weight is 173 g/mol. The molecule has 1 amide bonds. The standard InChI is InChI=1S/C5H7N3O4/c9-4-1-3(2-5(10)11)6-8(12)7-4/h1,6,12H,2H2,(H,7,9)(H,10,11). The lowest BCUT2D eigenvalue weighted by atomic mass is 10.3. The van der Waals surface area contributed by atoms with Gasteiger partial charge in [-0.25, -0.2) is 5.43 Å². The number of hydrogen-bond acceptors (Lipinski definition) is 5. The molecule has 1 aliphatic rings. The van der Waals surface area contributed by atoms with Crippen LogP contribution >= 0.6 is 0 Å². The highest BCUT2D eigenvalue weighted by molar-refractivity contribution is 5.89. The molecule has 0 saturated carbocycles. The number of hydrazine groups is 2. The van der Waals surface area contributed by atoms with Crippen LogP contribution in [0.5, 0.6) is 0 Å². The van der Waals surface area contributed by atoms with E-state index in [1.807, 2.05) is 5.43 Å². The Labute approximate surface area is 67.2 Å². The summed E-state index contributed by atoms with van der Waals surface area (Å²) in [6, 6.07) is 0. The Morgan fingerprint density at radius 3 is 2.75 bits per heavy atom. The van der Waals surface area contributed by atoms with Crippen molar-refractivity contribution in [2.45, 2.75) is 6.42 Å². The van der Waals surface area contributed by atoms with Gasteiger partial charge in [0.15, 0.2) is 0 Å². The molecular formula is C5H7N3O4. The Morgan fingerprint density at radius 1 is 1.58 bits per heavy atom. The summed E-state index contributed by atoms with van der Waals surface area (Å²) in [6.07, 6.45) is 0.714. The molecule has 1 aliphatic heterocycles. The molecular weight excluding hydrogens is 166 g/mol.